The highest BCUT2D eigenvalue weighted by Gasteiger charge is 2.17. The van der Waals surface area contributed by atoms with Gasteiger partial charge in [-0.15, -0.1) is 11.3 Å². The second-order valence-corrected chi connectivity index (χ2v) is 8.81. The number of nitrogens with one attached hydrogen (secondary N) is 2. The van der Waals surface area contributed by atoms with Crippen LogP contribution in [0.5, 0.6) is 0 Å². The molecule has 1 amide bonds. The fourth-order valence-electron chi connectivity index (χ4n) is 1.96. The highest BCUT2D eigenvalue weighted by Crippen LogP contribution is 2.21. The molecule has 0 aromatic carbocycles. The van der Waals surface area contributed by atoms with Crippen molar-refractivity contribution in [2.45, 2.75) is 31.1 Å². The molecule has 0 spiro atoms. The van der Waals surface area contributed by atoms with Gasteiger partial charge >= 0.3 is 0 Å². The maximum Gasteiger partial charge on any atom is 0.250 e. The molecule has 2 aromatic heterocycles. The van der Waals surface area contributed by atoms with Crippen LogP contribution in [0.1, 0.15) is 23.2 Å². The molecule has 136 valence electrons. The first-order chi connectivity index (χ1) is 11.7. The van der Waals surface area contributed by atoms with Gasteiger partial charge in [0, 0.05) is 31.6 Å². The summed E-state index contributed by atoms with van der Waals surface area (Å²) in [5.41, 5.74) is 1.36. The van der Waals surface area contributed by atoms with E-state index in [0.29, 0.717) is 18.2 Å². The summed E-state index contributed by atoms with van der Waals surface area (Å²) in [5, 5.41) is 2.64. The third-order valence-electron chi connectivity index (χ3n) is 3.15. The topological polar surface area (TPSA) is 104 Å². The summed E-state index contributed by atoms with van der Waals surface area (Å²) in [5.74, 6) is 0.370. The van der Waals surface area contributed by atoms with E-state index in [1.807, 2.05) is 21.0 Å². The van der Waals surface area contributed by atoms with E-state index in [0.717, 1.165) is 21.9 Å². The van der Waals surface area contributed by atoms with Crippen LogP contribution in [0, 0.1) is 6.92 Å². The lowest BCUT2D eigenvalue weighted by atomic mass is 10.3. The number of carbonyl (C=O) groups is 1. The Morgan fingerprint density at radius 1 is 1.24 bits per heavy atom. The Labute approximate surface area is 151 Å². The molecule has 25 heavy (non-hydrogen) atoms. The molecule has 8 nitrogen and oxygen atoms in total. The second kappa shape index (κ2) is 7.89. The Balaban J connectivity index is 2.08. The van der Waals surface area contributed by atoms with E-state index >= 15 is 0 Å². The van der Waals surface area contributed by atoms with Crippen molar-refractivity contribution in [2.75, 3.05) is 19.0 Å². The lowest BCUT2D eigenvalue weighted by Crippen LogP contribution is -2.24. The molecule has 0 aliphatic rings. The summed E-state index contributed by atoms with van der Waals surface area (Å²) >= 11 is 1.12. The van der Waals surface area contributed by atoms with Crippen molar-refractivity contribution in [2.24, 2.45) is 0 Å². The summed E-state index contributed by atoms with van der Waals surface area (Å²) in [6.45, 7) is 3.64. The number of nitrogens with zero attached hydrogens (tertiary/aromatic N) is 3. The van der Waals surface area contributed by atoms with Crippen LogP contribution in [0.25, 0.3) is 0 Å². The zero-order chi connectivity index (χ0) is 18.6. The first-order valence-corrected chi connectivity index (χ1v) is 9.82. The van der Waals surface area contributed by atoms with E-state index in [1.165, 1.54) is 13.0 Å². The number of aromatic nitrogens is 2. The van der Waals surface area contributed by atoms with E-state index in [4.69, 9.17) is 0 Å². The highest BCUT2D eigenvalue weighted by molar-refractivity contribution is 7.91. The van der Waals surface area contributed by atoms with Crippen LogP contribution in [0.15, 0.2) is 22.4 Å². The van der Waals surface area contributed by atoms with Gasteiger partial charge < -0.3 is 10.2 Å². The van der Waals surface area contributed by atoms with Gasteiger partial charge in [0.25, 0.3) is 0 Å². The fourth-order valence-corrected chi connectivity index (χ4v) is 4.30. The predicted molar refractivity (Wildman–Crippen MR) is 97.0 cm³/mol. The fraction of sp³-hybridized carbons (Fsp3) is 0.400. The Morgan fingerprint density at radius 2 is 1.96 bits per heavy atom. The number of aryl methyl sites for hydroxylation is 1. The molecule has 0 saturated heterocycles. The minimum atomic E-state index is -3.64. The number of amides is 1. The maximum absolute atomic E-state index is 12.4. The highest BCUT2D eigenvalue weighted by atomic mass is 32.2. The summed E-state index contributed by atoms with van der Waals surface area (Å²) in [7, 11) is 0.00842. The number of anilines is 1. The minimum Gasteiger partial charge on any atom is -0.351 e. The largest absolute Gasteiger partial charge is 0.351 e. The first-order valence-electron chi connectivity index (χ1n) is 7.52. The average Bonchev–Trinajstić information content (AvgIpc) is 3.00. The Hall–Kier alpha value is -2.04. The van der Waals surface area contributed by atoms with Gasteiger partial charge in [-0.25, -0.2) is 23.1 Å². The van der Waals surface area contributed by atoms with E-state index in [2.05, 4.69) is 20.0 Å². The predicted octanol–water partition coefficient (Wildman–Crippen LogP) is 1.03. The normalized spacial score (nSPS) is 11.4. The SMILES string of the molecule is CC(=O)NCc1ccc(S(=O)(=O)NCc2cc(C)nc(N(C)C)n2)s1. The quantitative estimate of drug-likeness (QED) is 0.740. The molecule has 0 aliphatic heterocycles. The summed E-state index contributed by atoms with van der Waals surface area (Å²) in [6.07, 6.45) is 0. The van der Waals surface area contributed by atoms with Crippen LogP contribution in [0.2, 0.25) is 0 Å². The Bertz CT molecular complexity index is 862. The monoisotopic (exact) mass is 383 g/mol. The van der Waals surface area contributed by atoms with Gasteiger partial charge in [-0.2, -0.15) is 0 Å². The molecular weight excluding hydrogens is 362 g/mol. The zero-order valence-corrected chi connectivity index (χ0v) is 16.2. The molecule has 0 saturated carbocycles. The van der Waals surface area contributed by atoms with Gasteiger partial charge in [0.15, 0.2) is 0 Å². The lowest BCUT2D eigenvalue weighted by Gasteiger charge is -2.12. The summed E-state index contributed by atoms with van der Waals surface area (Å²) < 4.78 is 27.6. The number of carbonyl (C=O) groups excluding carboxylic acids is 1. The van der Waals surface area contributed by atoms with Crippen molar-refractivity contribution in [3.8, 4) is 0 Å². The number of hydrogen-bond donors (Lipinski definition) is 2. The molecule has 2 aromatic rings. The van der Waals surface area contributed by atoms with Crippen molar-refractivity contribution in [1.82, 2.24) is 20.0 Å². The van der Waals surface area contributed by atoms with Crippen LogP contribution >= 0.6 is 11.3 Å². The second-order valence-electron chi connectivity index (χ2n) is 5.65. The maximum atomic E-state index is 12.4. The molecule has 0 aliphatic carbocycles. The van der Waals surface area contributed by atoms with E-state index in [9.17, 15) is 13.2 Å². The van der Waals surface area contributed by atoms with Crippen LogP contribution in [0.4, 0.5) is 5.95 Å². The van der Waals surface area contributed by atoms with Crippen LogP contribution in [-0.4, -0.2) is 38.4 Å². The Morgan fingerprint density at radius 3 is 2.60 bits per heavy atom. The van der Waals surface area contributed by atoms with Crippen molar-refractivity contribution >= 4 is 33.2 Å². The average molecular weight is 383 g/mol. The van der Waals surface area contributed by atoms with Gasteiger partial charge in [-0.1, -0.05) is 0 Å². The van der Waals surface area contributed by atoms with Crippen LogP contribution in [0.3, 0.4) is 0 Å². The Kier molecular flexibility index (Phi) is 6.09. The van der Waals surface area contributed by atoms with Crippen LogP contribution in [-0.2, 0) is 27.9 Å². The summed E-state index contributed by atoms with van der Waals surface area (Å²) in [6, 6.07) is 4.96. The molecule has 2 heterocycles. The van der Waals surface area contributed by atoms with Crippen molar-refractivity contribution < 1.29 is 13.2 Å². The van der Waals surface area contributed by atoms with E-state index in [1.54, 1.807) is 17.0 Å². The number of thiophene rings is 1. The standard InChI is InChI=1S/C15H21N5O3S2/c1-10-7-12(19-15(18-10)20(3)4)8-17-25(22,23)14-6-5-13(24-14)9-16-11(2)21/h5-7,17H,8-9H2,1-4H3,(H,16,21). The van der Waals surface area contributed by atoms with Gasteiger partial charge in [-0.05, 0) is 25.1 Å². The van der Waals surface area contributed by atoms with Crippen LogP contribution < -0.4 is 14.9 Å². The molecule has 10 heteroatoms. The van der Waals surface area contributed by atoms with E-state index < -0.39 is 10.0 Å². The third kappa shape index (κ3) is 5.48. The van der Waals surface area contributed by atoms with Crippen molar-refractivity contribution in [3.63, 3.8) is 0 Å². The molecule has 0 atom stereocenters. The van der Waals surface area contributed by atoms with Gasteiger partial charge in [0.05, 0.1) is 18.8 Å². The minimum absolute atomic E-state index is 0.0749. The van der Waals surface area contributed by atoms with Gasteiger partial charge in [0.2, 0.25) is 21.9 Å². The molecule has 2 N–H and O–H groups in total. The zero-order valence-electron chi connectivity index (χ0n) is 14.5. The molecular formula is C15H21N5O3S2. The van der Waals surface area contributed by atoms with Gasteiger partial charge in [-0.3, -0.25) is 4.79 Å². The lowest BCUT2D eigenvalue weighted by molar-refractivity contribution is -0.119. The molecule has 0 unspecified atom stereocenters. The molecule has 0 radical (unpaired) electrons. The smallest absolute Gasteiger partial charge is 0.250 e. The number of sulfonamides is 1. The molecule has 0 fully saturated rings. The molecule has 0 bridgehead atoms. The first kappa shape index (κ1) is 19.3. The number of hydrogen-bond acceptors (Lipinski definition) is 7. The van der Waals surface area contributed by atoms with E-state index in [-0.39, 0.29) is 16.7 Å². The summed E-state index contributed by atoms with van der Waals surface area (Å²) in [4.78, 5) is 22.1. The third-order valence-corrected chi connectivity index (χ3v) is 6.13. The van der Waals surface area contributed by atoms with Crippen molar-refractivity contribution in [3.05, 3.63) is 34.5 Å². The van der Waals surface area contributed by atoms with Crippen molar-refractivity contribution in [1.29, 1.82) is 0 Å². The number of rotatable bonds is 7. The molecule has 2 rings (SSSR count). The van der Waals surface area contributed by atoms with Gasteiger partial charge in [0.1, 0.15) is 4.21 Å².